The molecule has 63 heavy (non-hydrogen) atoms. The Hall–Kier alpha value is -8.55. The number of furan rings is 1. The Morgan fingerprint density at radius 3 is 1.40 bits per heavy atom. The molecule has 7 nitrogen and oxygen atoms in total. The van der Waals surface area contributed by atoms with E-state index in [1.807, 2.05) is 109 Å². The molecule has 7 heteroatoms. The standard InChI is InChI=1S/C56H33N5O2/c1-4-18-34(19-5-1)49-51-50(39-24-10-13-31-44(39)63-51)58-54(57-49)40-27-16-25-37-38-26-17-28-41(55-60-52(35-20-6-2-7-21-35)59-53(61-55)36-22-8-3-9-23-36)48(38)56(47(37)40)42-29-11-14-32-45(42)62-46-33-15-12-30-43(46)56/h1-33H. The number of ether oxygens (including phenoxy) is 1. The number of hydrogen-bond donors (Lipinski definition) is 0. The van der Waals surface area contributed by atoms with Crippen molar-refractivity contribution in [3.8, 4) is 79.4 Å². The molecule has 294 valence electrons. The summed E-state index contributed by atoms with van der Waals surface area (Å²) in [4.78, 5) is 26.6. The fourth-order valence-electron chi connectivity index (χ4n) is 9.82. The molecule has 4 heterocycles. The van der Waals surface area contributed by atoms with Crippen molar-refractivity contribution in [3.63, 3.8) is 0 Å². The van der Waals surface area contributed by atoms with E-state index in [0.717, 1.165) is 94.9 Å². The average molecular weight is 808 g/mol. The number of para-hydroxylation sites is 3. The molecule has 0 unspecified atom stereocenters. The van der Waals surface area contributed by atoms with Gasteiger partial charge in [-0.05, 0) is 46.5 Å². The van der Waals surface area contributed by atoms with Crippen molar-refractivity contribution in [1.29, 1.82) is 0 Å². The average Bonchev–Trinajstić information content (AvgIpc) is 3.89. The van der Waals surface area contributed by atoms with E-state index in [9.17, 15) is 0 Å². The quantitative estimate of drug-likeness (QED) is 0.171. The van der Waals surface area contributed by atoms with Crippen molar-refractivity contribution >= 4 is 22.1 Å². The van der Waals surface area contributed by atoms with Crippen LogP contribution in [-0.2, 0) is 5.41 Å². The fraction of sp³-hybridized carbons (Fsp3) is 0.0179. The second-order valence-electron chi connectivity index (χ2n) is 15.9. The molecule has 8 aromatic carbocycles. The van der Waals surface area contributed by atoms with Gasteiger partial charge in [-0.2, -0.15) is 0 Å². The number of aromatic nitrogens is 5. The van der Waals surface area contributed by atoms with Gasteiger partial charge in [-0.25, -0.2) is 24.9 Å². The first-order valence-electron chi connectivity index (χ1n) is 21.0. The maximum Gasteiger partial charge on any atom is 0.180 e. The van der Waals surface area contributed by atoms with E-state index in [0.29, 0.717) is 28.9 Å². The lowest BCUT2D eigenvalue weighted by atomic mass is 9.64. The number of rotatable bonds is 5. The first-order chi connectivity index (χ1) is 31.2. The number of nitrogens with zero attached hydrogens (tertiary/aromatic N) is 5. The maximum atomic E-state index is 6.83. The van der Waals surface area contributed by atoms with Crippen molar-refractivity contribution in [2.45, 2.75) is 5.41 Å². The summed E-state index contributed by atoms with van der Waals surface area (Å²) in [5.41, 5.74) is 12.8. The summed E-state index contributed by atoms with van der Waals surface area (Å²) in [5.74, 6) is 3.90. The lowest BCUT2D eigenvalue weighted by Crippen LogP contribution is -2.33. The van der Waals surface area contributed by atoms with Crippen LogP contribution in [0.5, 0.6) is 11.5 Å². The van der Waals surface area contributed by atoms with Gasteiger partial charge in [-0.1, -0.05) is 176 Å². The summed E-state index contributed by atoms with van der Waals surface area (Å²) in [7, 11) is 0. The van der Waals surface area contributed by atoms with E-state index >= 15 is 0 Å². The van der Waals surface area contributed by atoms with Crippen LogP contribution in [0.2, 0.25) is 0 Å². The molecule has 1 aliphatic heterocycles. The molecule has 3 aromatic heterocycles. The SMILES string of the molecule is c1ccc(-c2nc(-c3ccccc3)nc(-c3cccc4c3C3(c5ccccc5Oc5ccccc53)c3c(-c5nc(-c6ccccc6)c6oc7ccccc7c6n5)cccc3-4)n2)cc1. The Labute approximate surface area is 362 Å². The topological polar surface area (TPSA) is 86.8 Å². The highest BCUT2D eigenvalue weighted by atomic mass is 16.5. The van der Waals surface area contributed by atoms with Gasteiger partial charge < -0.3 is 9.15 Å². The summed E-state index contributed by atoms with van der Waals surface area (Å²) in [6.45, 7) is 0. The van der Waals surface area contributed by atoms with Crippen LogP contribution in [0.25, 0.3) is 90.0 Å². The molecule has 2 aliphatic rings. The Morgan fingerprint density at radius 2 is 0.810 bits per heavy atom. The molecule has 1 aliphatic carbocycles. The molecule has 0 radical (unpaired) electrons. The molecule has 0 atom stereocenters. The van der Waals surface area contributed by atoms with Crippen LogP contribution in [0, 0.1) is 0 Å². The van der Waals surface area contributed by atoms with Crippen LogP contribution in [0.3, 0.4) is 0 Å². The van der Waals surface area contributed by atoms with Crippen LogP contribution in [0.15, 0.2) is 205 Å². The summed E-state index contributed by atoms with van der Waals surface area (Å²) in [5, 5.41) is 0.932. The minimum absolute atomic E-state index is 0.573. The summed E-state index contributed by atoms with van der Waals surface area (Å²) >= 11 is 0. The smallest absolute Gasteiger partial charge is 0.180 e. The van der Waals surface area contributed by atoms with Gasteiger partial charge in [0.25, 0.3) is 0 Å². The van der Waals surface area contributed by atoms with Gasteiger partial charge >= 0.3 is 0 Å². The molecule has 0 fully saturated rings. The third-order valence-corrected chi connectivity index (χ3v) is 12.4. The van der Waals surface area contributed by atoms with Gasteiger partial charge in [0.15, 0.2) is 28.9 Å². The second-order valence-corrected chi connectivity index (χ2v) is 15.9. The van der Waals surface area contributed by atoms with Crippen molar-refractivity contribution < 1.29 is 9.15 Å². The molecule has 0 bridgehead atoms. The zero-order valence-corrected chi connectivity index (χ0v) is 33.6. The molecule has 1 spiro atoms. The third-order valence-electron chi connectivity index (χ3n) is 12.4. The van der Waals surface area contributed by atoms with E-state index < -0.39 is 5.41 Å². The van der Waals surface area contributed by atoms with Gasteiger partial charge in [0.1, 0.15) is 28.3 Å². The Bertz CT molecular complexity index is 3500. The van der Waals surface area contributed by atoms with Crippen LogP contribution < -0.4 is 4.74 Å². The summed E-state index contributed by atoms with van der Waals surface area (Å²) in [6.07, 6.45) is 0. The van der Waals surface area contributed by atoms with Gasteiger partial charge in [-0.15, -0.1) is 0 Å². The minimum Gasteiger partial charge on any atom is -0.457 e. The molecule has 0 saturated heterocycles. The highest BCUT2D eigenvalue weighted by Gasteiger charge is 2.54. The zero-order valence-electron chi connectivity index (χ0n) is 33.6. The van der Waals surface area contributed by atoms with Crippen molar-refractivity contribution in [2.24, 2.45) is 0 Å². The Morgan fingerprint density at radius 1 is 0.349 bits per heavy atom. The monoisotopic (exact) mass is 807 g/mol. The lowest BCUT2D eigenvalue weighted by Gasteiger charge is -2.40. The molecular formula is C56H33N5O2. The largest absolute Gasteiger partial charge is 0.457 e. The van der Waals surface area contributed by atoms with Crippen molar-refractivity contribution in [1.82, 2.24) is 24.9 Å². The molecule has 0 amide bonds. The van der Waals surface area contributed by atoms with Gasteiger partial charge in [0, 0.05) is 44.3 Å². The van der Waals surface area contributed by atoms with Crippen molar-refractivity contribution in [2.75, 3.05) is 0 Å². The van der Waals surface area contributed by atoms with Gasteiger partial charge in [0.05, 0.1) is 5.41 Å². The number of hydrogen-bond acceptors (Lipinski definition) is 7. The van der Waals surface area contributed by atoms with Gasteiger partial charge in [-0.3, -0.25) is 0 Å². The highest BCUT2D eigenvalue weighted by Crippen LogP contribution is 2.65. The summed E-state index contributed by atoms with van der Waals surface area (Å²) < 4.78 is 13.4. The number of fused-ring (bicyclic) bond motifs is 12. The van der Waals surface area contributed by atoms with Gasteiger partial charge in [0.2, 0.25) is 0 Å². The lowest BCUT2D eigenvalue weighted by molar-refractivity contribution is 0.436. The fourth-order valence-corrected chi connectivity index (χ4v) is 9.82. The van der Waals surface area contributed by atoms with Crippen LogP contribution in [0.1, 0.15) is 22.3 Å². The first kappa shape index (κ1) is 35.2. The Kier molecular flexibility index (Phi) is 7.68. The molecule has 0 N–H and O–H groups in total. The molecule has 13 rings (SSSR count). The predicted molar refractivity (Wildman–Crippen MR) is 247 cm³/mol. The summed E-state index contributed by atoms with van der Waals surface area (Å²) in [6, 6.07) is 68.3. The third kappa shape index (κ3) is 5.23. The van der Waals surface area contributed by atoms with Crippen LogP contribution >= 0.6 is 0 Å². The highest BCUT2D eigenvalue weighted by molar-refractivity contribution is 6.07. The number of benzene rings is 8. The minimum atomic E-state index is -0.931. The Balaban J connectivity index is 1.16. The molecule has 0 saturated carbocycles. The van der Waals surface area contributed by atoms with Crippen LogP contribution in [-0.4, -0.2) is 24.9 Å². The second kappa shape index (κ2) is 13.7. The molecule has 11 aromatic rings. The van der Waals surface area contributed by atoms with E-state index in [1.165, 1.54) is 0 Å². The predicted octanol–water partition coefficient (Wildman–Crippen LogP) is 13.4. The van der Waals surface area contributed by atoms with E-state index in [1.54, 1.807) is 0 Å². The zero-order chi connectivity index (χ0) is 41.5. The van der Waals surface area contributed by atoms with Crippen molar-refractivity contribution in [3.05, 3.63) is 222 Å². The van der Waals surface area contributed by atoms with E-state index in [4.69, 9.17) is 34.1 Å². The normalized spacial score (nSPS) is 13.0. The molecular weight excluding hydrogens is 775 g/mol. The first-order valence-corrected chi connectivity index (χ1v) is 21.0. The van der Waals surface area contributed by atoms with Crippen LogP contribution in [0.4, 0.5) is 0 Å². The van der Waals surface area contributed by atoms with E-state index in [-0.39, 0.29) is 0 Å². The maximum absolute atomic E-state index is 6.83. The van der Waals surface area contributed by atoms with E-state index in [2.05, 4.69) is 91.0 Å².